The summed E-state index contributed by atoms with van der Waals surface area (Å²) in [5.41, 5.74) is 3.35. The lowest BCUT2D eigenvalue weighted by Gasteiger charge is -2.07. The second kappa shape index (κ2) is 11.1. The quantitative estimate of drug-likeness (QED) is 0.425. The normalized spacial score (nSPS) is 10.3. The molecular formula is C20H22N4O5. The molecule has 3 N–H and O–H groups in total. The second-order valence-electron chi connectivity index (χ2n) is 5.73. The molecule has 0 atom stereocenters. The Labute approximate surface area is 168 Å². The molecule has 0 bridgehead atoms. The maximum atomic E-state index is 11.9. The van der Waals surface area contributed by atoms with Crippen molar-refractivity contribution in [3.8, 4) is 11.5 Å². The van der Waals surface area contributed by atoms with Gasteiger partial charge in [0.15, 0.2) is 0 Å². The van der Waals surface area contributed by atoms with Crippen molar-refractivity contribution in [1.82, 2.24) is 16.1 Å². The first-order chi connectivity index (χ1) is 14.0. The van der Waals surface area contributed by atoms with E-state index in [2.05, 4.69) is 21.2 Å². The van der Waals surface area contributed by atoms with Crippen LogP contribution in [0.25, 0.3) is 0 Å². The fourth-order valence-corrected chi connectivity index (χ4v) is 2.25. The summed E-state index contributed by atoms with van der Waals surface area (Å²) in [5, 5.41) is 8.70. The lowest BCUT2D eigenvalue weighted by atomic mass is 10.2. The molecule has 152 valence electrons. The van der Waals surface area contributed by atoms with E-state index in [1.165, 1.54) is 20.4 Å². The van der Waals surface area contributed by atoms with E-state index in [9.17, 15) is 14.4 Å². The Balaban J connectivity index is 1.75. The van der Waals surface area contributed by atoms with Gasteiger partial charge in [0, 0.05) is 11.1 Å². The smallest absolute Gasteiger partial charge is 0.259 e. The Morgan fingerprint density at radius 3 is 2.34 bits per heavy atom. The number of benzene rings is 2. The van der Waals surface area contributed by atoms with E-state index in [1.807, 2.05) is 0 Å². The molecule has 2 aromatic rings. The number of methoxy groups -OCH3 is 2. The number of carbonyl (C=O) groups is 3. The predicted octanol–water partition coefficient (Wildman–Crippen LogP) is 0.700. The Morgan fingerprint density at radius 1 is 0.931 bits per heavy atom. The van der Waals surface area contributed by atoms with Crippen LogP contribution in [0.1, 0.15) is 15.9 Å². The third kappa shape index (κ3) is 6.98. The van der Waals surface area contributed by atoms with Crippen LogP contribution in [0.15, 0.2) is 53.6 Å². The van der Waals surface area contributed by atoms with E-state index in [0.29, 0.717) is 22.6 Å². The van der Waals surface area contributed by atoms with Gasteiger partial charge in [-0.25, -0.2) is 5.43 Å². The number of hydrazone groups is 1. The summed E-state index contributed by atoms with van der Waals surface area (Å²) >= 11 is 0. The van der Waals surface area contributed by atoms with Gasteiger partial charge in [-0.05, 0) is 30.3 Å². The SMILES string of the molecule is COc1ccc(OC)c(C=NNC(=O)CNC(=O)CNC(=O)c2ccccc2)c1. The molecule has 0 aliphatic carbocycles. The van der Waals surface area contributed by atoms with E-state index in [-0.39, 0.29) is 19.0 Å². The number of carbonyl (C=O) groups excluding carboxylic acids is 3. The van der Waals surface area contributed by atoms with Crippen LogP contribution >= 0.6 is 0 Å². The molecule has 0 radical (unpaired) electrons. The van der Waals surface area contributed by atoms with E-state index in [4.69, 9.17) is 9.47 Å². The maximum absolute atomic E-state index is 11.9. The van der Waals surface area contributed by atoms with Crippen molar-refractivity contribution >= 4 is 23.9 Å². The zero-order valence-corrected chi connectivity index (χ0v) is 16.1. The van der Waals surface area contributed by atoms with Gasteiger partial charge in [0.25, 0.3) is 11.8 Å². The van der Waals surface area contributed by atoms with Crippen LogP contribution in [0.5, 0.6) is 11.5 Å². The van der Waals surface area contributed by atoms with Crippen LogP contribution in [0.3, 0.4) is 0 Å². The van der Waals surface area contributed by atoms with E-state index >= 15 is 0 Å². The summed E-state index contributed by atoms with van der Waals surface area (Å²) in [4.78, 5) is 35.4. The van der Waals surface area contributed by atoms with Gasteiger partial charge in [0.1, 0.15) is 11.5 Å². The number of nitrogens with zero attached hydrogens (tertiary/aromatic N) is 1. The molecule has 9 heteroatoms. The van der Waals surface area contributed by atoms with Crippen molar-refractivity contribution < 1.29 is 23.9 Å². The largest absolute Gasteiger partial charge is 0.497 e. The molecule has 0 saturated heterocycles. The second-order valence-corrected chi connectivity index (χ2v) is 5.73. The standard InChI is InChI=1S/C20H22N4O5/c1-28-16-8-9-17(29-2)15(10-16)11-23-24-19(26)13-21-18(25)12-22-20(27)14-6-4-3-5-7-14/h3-11H,12-13H2,1-2H3,(H,21,25)(H,22,27)(H,24,26). The monoisotopic (exact) mass is 398 g/mol. The van der Waals surface area contributed by atoms with Gasteiger partial charge in [-0.3, -0.25) is 14.4 Å². The molecule has 29 heavy (non-hydrogen) atoms. The predicted molar refractivity (Wildman–Crippen MR) is 107 cm³/mol. The molecule has 0 unspecified atom stereocenters. The summed E-state index contributed by atoms with van der Waals surface area (Å²) in [7, 11) is 3.05. The molecule has 2 aromatic carbocycles. The molecular weight excluding hydrogens is 376 g/mol. The fraction of sp³-hybridized carbons (Fsp3) is 0.200. The van der Waals surface area contributed by atoms with Crippen molar-refractivity contribution in [2.75, 3.05) is 27.3 Å². The van der Waals surface area contributed by atoms with Gasteiger partial charge in [-0.2, -0.15) is 5.10 Å². The molecule has 0 saturated carbocycles. The van der Waals surface area contributed by atoms with Crippen molar-refractivity contribution in [2.24, 2.45) is 5.10 Å². The number of hydrogen-bond donors (Lipinski definition) is 3. The van der Waals surface area contributed by atoms with Crippen LogP contribution < -0.4 is 25.5 Å². The zero-order valence-electron chi connectivity index (χ0n) is 16.1. The average Bonchev–Trinajstić information content (AvgIpc) is 2.76. The zero-order chi connectivity index (χ0) is 21.1. The van der Waals surface area contributed by atoms with Crippen molar-refractivity contribution in [3.63, 3.8) is 0 Å². The molecule has 0 heterocycles. The van der Waals surface area contributed by atoms with Crippen molar-refractivity contribution in [3.05, 3.63) is 59.7 Å². The molecule has 9 nitrogen and oxygen atoms in total. The average molecular weight is 398 g/mol. The Bertz CT molecular complexity index is 884. The van der Waals surface area contributed by atoms with Crippen molar-refractivity contribution in [1.29, 1.82) is 0 Å². The summed E-state index contributed by atoms with van der Waals surface area (Å²) in [6.07, 6.45) is 1.40. The highest BCUT2D eigenvalue weighted by Gasteiger charge is 2.09. The summed E-state index contributed by atoms with van der Waals surface area (Å²) in [6.45, 7) is -0.530. The van der Waals surface area contributed by atoms with Crippen LogP contribution in [0, 0.1) is 0 Å². The van der Waals surface area contributed by atoms with Crippen LogP contribution in [-0.4, -0.2) is 51.2 Å². The molecule has 0 aliphatic rings. The highest BCUT2D eigenvalue weighted by Crippen LogP contribution is 2.22. The first-order valence-corrected chi connectivity index (χ1v) is 8.67. The van der Waals surface area contributed by atoms with Gasteiger partial charge >= 0.3 is 0 Å². The van der Waals surface area contributed by atoms with Crippen molar-refractivity contribution in [2.45, 2.75) is 0 Å². The lowest BCUT2D eigenvalue weighted by Crippen LogP contribution is -2.41. The van der Waals surface area contributed by atoms with Gasteiger partial charge < -0.3 is 20.1 Å². The van der Waals surface area contributed by atoms with Crippen LogP contribution in [0.4, 0.5) is 0 Å². The Kier molecular flexibility index (Phi) is 8.18. The lowest BCUT2D eigenvalue weighted by molar-refractivity contribution is -0.125. The molecule has 0 aromatic heterocycles. The van der Waals surface area contributed by atoms with Gasteiger partial charge in [0.05, 0.1) is 33.5 Å². The summed E-state index contributed by atoms with van der Waals surface area (Å²) in [6, 6.07) is 13.7. The topological polar surface area (TPSA) is 118 Å². The molecule has 3 amide bonds. The minimum Gasteiger partial charge on any atom is -0.497 e. The molecule has 0 aliphatic heterocycles. The van der Waals surface area contributed by atoms with E-state index in [0.717, 1.165) is 0 Å². The number of nitrogens with one attached hydrogen (secondary N) is 3. The fourth-order valence-electron chi connectivity index (χ4n) is 2.25. The number of amides is 3. The third-order valence-electron chi connectivity index (χ3n) is 3.72. The third-order valence-corrected chi connectivity index (χ3v) is 3.72. The highest BCUT2D eigenvalue weighted by molar-refractivity contribution is 5.96. The first-order valence-electron chi connectivity index (χ1n) is 8.67. The Morgan fingerprint density at radius 2 is 1.66 bits per heavy atom. The first kappa shape index (κ1) is 21.4. The summed E-state index contributed by atoms with van der Waals surface area (Å²) < 4.78 is 10.3. The van der Waals surface area contributed by atoms with Crippen LogP contribution in [-0.2, 0) is 9.59 Å². The molecule has 0 fully saturated rings. The minimum absolute atomic E-state index is 0.245. The Hall–Kier alpha value is -3.88. The molecule has 2 rings (SSSR count). The molecule has 0 spiro atoms. The summed E-state index contributed by atoms with van der Waals surface area (Å²) in [5.74, 6) is -0.217. The highest BCUT2D eigenvalue weighted by atomic mass is 16.5. The van der Waals surface area contributed by atoms with Crippen LogP contribution in [0.2, 0.25) is 0 Å². The number of hydrogen-bond acceptors (Lipinski definition) is 6. The van der Waals surface area contributed by atoms with Gasteiger partial charge in [-0.1, -0.05) is 18.2 Å². The number of rotatable bonds is 9. The van der Waals surface area contributed by atoms with Gasteiger partial charge in [-0.15, -0.1) is 0 Å². The minimum atomic E-state index is -0.522. The number of ether oxygens (including phenoxy) is 2. The maximum Gasteiger partial charge on any atom is 0.259 e. The van der Waals surface area contributed by atoms with Gasteiger partial charge in [0.2, 0.25) is 5.91 Å². The van der Waals surface area contributed by atoms with E-state index < -0.39 is 11.8 Å². The van der Waals surface area contributed by atoms with E-state index in [1.54, 1.807) is 48.5 Å².